The van der Waals surface area contributed by atoms with Gasteiger partial charge in [-0.05, 0) is 98.1 Å². The van der Waals surface area contributed by atoms with Gasteiger partial charge < -0.3 is 4.74 Å². The van der Waals surface area contributed by atoms with Gasteiger partial charge in [0.2, 0.25) is 5.78 Å². The predicted octanol–water partition coefficient (Wildman–Crippen LogP) is 6.07. The van der Waals surface area contributed by atoms with Crippen LogP contribution < -0.4 is 4.74 Å². The topological polar surface area (TPSA) is 26.3 Å². The third-order valence-corrected chi connectivity index (χ3v) is 5.33. The molecule has 2 rings (SSSR count). The van der Waals surface area contributed by atoms with Crippen molar-refractivity contribution in [2.75, 3.05) is 6.61 Å². The van der Waals surface area contributed by atoms with E-state index in [2.05, 4.69) is 67.8 Å². The van der Waals surface area contributed by atoms with E-state index in [-0.39, 0.29) is 12.4 Å². The SMILES string of the molecule is O=C(COc1c(I)cc(I)cc1I)c1cc(Cl)ccc1Cl. The molecule has 110 valence electrons. The van der Waals surface area contributed by atoms with Crippen LogP contribution in [0.15, 0.2) is 30.3 Å². The molecule has 0 bridgehead atoms. The summed E-state index contributed by atoms with van der Waals surface area (Å²) in [5.74, 6) is 0.510. The summed E-state index contributed by atoms with van der Waals surface area (Å²) in [6.45, 7) is -0.0767. The normalized spacial score (nSPS) is 10.5. The lowest BCUT2D eigenvalue weighted by molar-refractivity contribution is 0.0920. The van der Waals surface area contributed by atoms with Gasteiger partial charge in [0.25, 0.3) is 0 Å². The molecule has 0 saturated carbocycles. The van der Waals surface area contributed by atoms with Gasteiger partial charge in [-0.15, -0.1) is 0 Å². The summed E-state index contributed by atoms with van der Waals surface area (Å²) in [6, 6.07) is 8.80. The molecule has 0 atom stereocenters. The lowest BCUT2D eigenvalue weighted by Crippen LogP contribution is -2.13. The lowest BCUT2D eigenvalue weighted by Gasteiger charge is -2.11. The quantitative estimate of drug-likeness (QED) is 0.295. The van der Waals surface area contributed by atoms with Crippen molar-refractivity contribution >= 4 is 96.8 Å². The first-order valence-electron chi connectivity index (χ1n) is 5.64. The van der Waals surface area contributed by atoms with Crippen molar-refractivity contribution in [1.82, 2.24) is 0 Å². The number of hydrogen-bond acceptors (Lipinski definition) is 2. The highest BCUT2D eigenvalue weighted by Gasteiger charge is 2.14. The van der Waals surface area contributed by atoms with Crippen LogP contribution >= 0.6 is 91.0 Å². The largest absolute Gasteiger partial charge is 0.483 e. The fourth-order valence-corrected chi connectivity index (χ4v) is 5.88. The molecule has 0 radical (unpaired) electrons. The first-order valence-corrected chi connectivity index (χ1v) is 9.63. The van der Waals surface area contributed by atoms with E-state index in [4.69, 9.17) is 27.9 Å². The fraction of sp³-hybridized carbons (Fsp3) is 0.0714. The Balaban J connectivity index is 2.17. The van der Waals surface area contributed by atoms with Crippen LogP contribution in [0.25, 0.3) is 0 Å². The van der Waals surface area contributed by atoms with Gasteiger partial charge >= 0.3 is 0 Å². The molecule has 0 N–H and O–H groups in total. The Morgan fingerprint density at radius 1 is 1.05 bits per heavy atom. The summed E-state index contributed by atoms with van der Waals surface area (Å²) in [6.07, 6.45) is 0. The van der Waals surface area contributed by atoms with Gasteiger partial charge in [-0.1, -0.05) is 23.2 Å². The smallest absolute Gasteiger partial charge is 0.201 e. The number of ketones is 1. The molecule has 21 heavy (non-hydrogen) atoms. The number of rotatable bonds is 4. The third-order valence-electron chi connectivity index (χ3n) is 2.54. The van der Waals surface area contributed by atoms with E-state index < -0.39 is 0 Å². The van der Waals surface area contributed by atoms with Gasteiger partial charge in [0.1, 0.15) is 5.75 Å². The van der Waals surface area contributed by atoms with Crippen LogP contribution in [0, 0.1) is 10.7 Å². The summed E-state index contributed by atoms with van der Waals surface area (Å²) in [5, 5.41) is 0.848. The van der Waals surface area contributed by atoms with Crippen LogP contribution in [-0.2, 0) is 0 Å². The molecule has 7 heteroatoms. The summed E-state index contributed by atoms with van der Waals surface area (Å²) < 4.78 is 8.72. The van der Waals surface area contributed by atoms with Crippen molar-refractivity contribution < 1.29 is 9.53 Å². The van der Waals surface area contributed by atoms with Crippen LogP contribution in [0.4, 0.5) is 0 Å². The second kappa shape index (κ2) is 7.98. The van der Waals surface area contributed by atoms with Gasteiger partial charge in [0.15, 0.2) is 6.61 Å². The van der Waals surface area contributed by atoms with Crippen molar-refractivity contribution in [3.63, 3.8) is 0 Å². The van der Waals surface area contributed by atoms with E-state index in [0.29, 0.717) is 21.4 Å². The van der Waals surface area contributed by atoms with Crippen molar-refractivity contribution in [2.45, 2.75) is 0 Å². The zero-order valence-corrected chi connectivity index (χ0v) is 18.3. The molecule has 0 unspecified atom stereocenters. The van der Waals surface area contributed by atoms with E-state index in [1.54, 1.807) is 18.2 Å². The van der Waals surface area contributed by atoms with E-state index in [1.165, 1.54) is 0 Å². The Morgan fingerprint density at radius 2 is 1.67 bits per heavy atom. The molecule has 0 saturated heterocycles. The van der Waals surface area contributed by atoms with Crippen molar-refractivity contribution in [3.8, 4) is 5.75 Å². The monoisotopic (exact) mass is 658 g/mol. The average Bonchev–Trinajstić information content (AvgIpc) is 2.40. The van der Waals surface area contributed by atoms with Crippen molar-refractivity contribution in [2.24, 2.45) is 0 Å². The minimum absolute atomic E-state index is 0.0767. The van der Waals surface area contributed by atoms with Gasteiger partial charge in [0, 0.05) is 14.2 Å². The molecule has 0 aliphatic carbocycles. The van der Waals surface area contributed by atoms with Crippen LogP contribution in [-0.4, -0.2) is 12.4 Å². The zero-order valence-electron chi connectivity index (χ0n) is 10.3. The predicted molar refractivity (Wildman–Crippen MR) is 111 cm³/mol. The Kier molecular flexibility index (Phi) is 6.85. The molecular formula is C14H7Cl2I3O2. The van der Waals surface area contributed by atoms with Crippen molar-refractivity contribution in [3.05, 3.63) is 56.7 Å². The molecule has 2 aromatic rings. The standard InChI is InChI=1S/C14H7Cl2I3O2/c15-7-1-2-10(16)9(3-7)13(20)6-21-14-11(18)4-8(17)5-12(14)19/h1-5H,6H2. The molecule has 0 aromatic heterocycles. The minimum atomic E-state index is -0.201. The van der Waals surface area contributed by atoms with Crippen LogP contribution in [0.1, 0.15) is 10.4 Å². The van der Waals surface area contributed by atoms with Gasteiger partial charge in [-0.2, -0.15) is 0 Å². The van der Waals surface area contributed by atoms with E-state index >= 15 is 0 Å². The lowest BCUT2D eigenvalue weighted by atomic mass is 10.1. The highest BCUT2D eigenvalue weighted by Crippen LogP contribution is 2.30. The number of ether oxygens (including phenoxy) is 1. The number of carbonyl (C=O) groups is 1. The maximum Gasteiger partial charge on any atom is 0.201 e. The Morgan fingerprint density at radius 3 is 2.29 bits per heavy atom. The summed E-state index contributed by atoms with van der Waals surface area (Å²) in [4.78, 5) is 12.2. The van der Waals surface area contributed by atoms with Crippen LogP contribution in [0.3, 0.4) is 0 Å². The fourth-order valence-electron chi connectivity index (χ4n) is 1.59. The maximum atomic E-state index is 12.2. The first kappa shape index (κ1) is 18.0. The maximum absolute atomic E-state index is 12.2. The van der Waals surface area contributed by atoms with E-state index in [0.717, 1.165) is 10.7 Å². The molecule has 0 fully saturated rings. The van der Waals surface area contributed by atoms with E-state index in [9.17, 15) is 4.79 Å². The van der Waals surface area contributed by atoms with E-state index in [1.807, 2.05) is 12.1 Å². The number of carbonyl (C=O) groups excluding carboxylic acids is 1. The number of Topliss-reactive ketones (excluding diaryl/α,β-unsaturated/α-hetero) is 1. The second-order valence-corrected chi connectivity index (χ2v) is 8.45. The zero-order chi connectivity index (χ0) is 15.6. The molecular weight excluding hydrogens is 652 g/mol. The summed E-state index contributed by atoms with van der Waals surface area (Å²) >= 11 is 18.5. The molecule has 0 heterocycles. The molecule has 2 aromatic carbocycles. The Hall–Kier alpha value is 0.680. The molecule has 2 nitrogen and oxygen atoms in total. The number of halogens is 5. The molecule has 0 spiro atoms. The highest BCUT2D eigenvalue weighted by molar-refractivity contribution is 14.1. The molecule has 0 amide bonds. The van der Waals surface area contributed by atoms with Gasteiger partial charge in [-0.25, -0.2) is 0 Å². The molecule has 0 aliphatic rings. The van der Waals surface area contributed by atoms with Gasteiger partial charge in [-0.3, -0.25) is 4.79 Å². The first-order chi connectivity index (χ1) is 9.88. The summed E-state index contributed by atoms with van der Waals surface area (Å²) in [5.41, 5.74) is 0.375. The van der Waals surface area contributed by atoms with Gasteiger partial charge in [0.05, 0.1) is 12.2 Å². The number of hydrogen-bond donors (Lipinski definition) is 0. The average molecular weight is 659 g/mol. The third kappa shape index (κ3) is 4.82. The summed E-state index contributed by atoms with van der Waals surface area (Å²) in [7, 11) is 0. The van der Waals surface area contributed by atoms with Crippen LogP contribution in [0.2, 0.25) is 10.0 Å². The minimum Gasteiger partial charge on any atom is -0.483 e. The van der Waals surface area contributed by atoms with Crippen molar-refractivity contribution in [1.29, 1.82) is 0 Å². The Bertz CT molecular complexity index is 682. The number of benzene rings is 2. The Labute approximate surface area is 173 Å². The molecule has 0 aliphatic heterocycles. The highest BCUT2D eigenvalue weighted by atomic mass is 127. The second-order valence-electron chi connectivity index (χ2n) is 4.03. The van der Waals surface area contributed by atoms with Crippen LogP contribution in [0.5, 0.6) is 5.75 Å².